The summed E-state index contributed by atoms with van der Waals surface area (Å²) in [6.07, 6.45) is 12.4. The number of fused-ring (bicyclic) bond motifs is 3. The van der Waals surface area contributed by atoms with Crippen LogP contribution in [0.3, 0.4) is 0 Å². The van der Waals surface area contributed by atoms with Gasteiger partial charge >= 0.3 is 0 Å². The molecule has 1 atom stereocenters. The van der Waals surface area contributed by atoms with E-state index in [1.165, 1.54) is 18.4 Å². The zero-order chi connectivity index (χ0) is 26.5. The van der Waals surface area contributed by atoms with Gasteiger partial charge < -0.3 is 9.47 Å². The number of amides is 1. The number of aliphatic imine (C=N–C) groups is 1. The summed E-state index contributed by atoms with van der Waals surface area (Å²) in [5.74, 6) is 2.48. The lowest BCUT2D eigenvalue weighted by atomic mass is 9.61. The summed E-state index contributed by atoms with van der Waals surface area (Å²) in [6.45, 7) is 1.21. The minimum atomic E-state index is -0.935. The largest absolute Gasteiger partial charge is 0.493 e. The molecule has 1 aliphatic heterocycles. The van der Waals surface area contributed by atoms with E-state index < -0.39 is 5.54 Å². The average molecular weight is 563 g/mol. The third kappa shape index (κ3) is 4.43. The molecule has 2 aromatic heterocycles. The van der Waals surface area contributed by atoms with Crippen molar-refractivity contribution in [3.05, 3.63) is 62.5 Å². The highest BCUT2D eigenvalue weighted by Crippen LogP contribution is 2.62. The summed E-state index contributed by atoms with van der Waals surface area (Å²) < 4.78 is 12.0. The van der Waals surface area contributed by atoms with Crippen LogP contribution < -0.4 is 4.74 Å². The highest BCUT2D eigenvalue weighted by atomic mass is 32.1. The number of benzene rings is 1. The Balaban J connectivity index is 1.31. The number of rotatable bonds is 9. The van der Waals surface area contributed by atoms with Crippen molar-refractivity contribution in [1.29, 1.82) is 0 Å². The van der Waals surface area contributed by atoms with E-state index in [4.69, 9.17) is 14.5 Å². The Hall–Kier alpha value is -2.62. The summed E-state index contributed by atoms with van der Waals surface area (Å²) in [5.41, 5.74) is 1.08. The van der Waals surface area contributed by atoms with Gasteiger partial charge in [0.2, 0.25) is 0 Å². The molecule has 0 radical (unpaired) electrons. The summed E-state index contributed by atoms with van der Waals surface area (Å²) in [4.78, 5) is 31.4. The Bertz CT molecular complexity index is 1360. The molecule has 7 nitrogen and oxygen atoms in total. The maximum Gasteiger partial charge on any atom is 0.261 e. The van der Waals surface area contributed by atoms with Gasteiger partial charge in [-0.05, 0) is 74.1 Å². The molecule has 0 saturated heterocycles. The predicted octanol–water partition coefficient (Wildman–Crippen LogP) is 5.79. The van der Waals surface area contributed by atoms with E-state index in [2.05, 4.69) is 28.2 Å². The number of amidine groups is 1. The van der Waals surface area contributed by atoms with Crippen LogP contribution in [-0.2, 0) is 34.5 Å². The quantitative estimate of drug-likeness (QED) is 0.330. The SMILES string of the molecule is COC1CCC2(CC1)Cc1ccc(OCC3CC3)cc1C21N=C(CCc2nccs2)N(Cc2nccs2)C1=O. The lowest BCUT2D eigenvalue weighted by Crippen LogP contribution is -2.51. The molecular formula is C30H34N4O3S2. The zero-order valence-electron chi connectivity index (χ0n) is 22.3. The number of carbonyl (C=O) groups is 1. The van der Waals surface area contributed by atoms with E-state index in [0.717, 1.165) is 72.3 Å². The maximum absolute atomic E-state index is 14.9. The van der Waals surface area contributed by atoms with E-state index in [0.29, 0.717) is 18.9 Å². The second kappa shape index (κ2) is 10.1. The molecule has 2 spiro atoms. The monoisotopic (exact) mass is 562 g/mol. The van der Waals surface area contributed by atoms with Crippen LogP contribution in [0.15, 0.2) is 46.3 Å². The third-order valence-corrected chi connectivity index (χ3v) is 10.8. The van der Waals surface area contributed by atoms with Crippen molar-refractivity contribution in [3.63, 3.8) is 0 Å². The molecule has 1 unspecified atom stereocenters. The van der Waals surface area contributed by atoms with Gasteiger partial charge in [0.15, 0.2) is 5.54 Å². The number of nitrogens with zero attached hydrogens (tertiary/aromatic N) is 4. The molecule has 4 aliphatic rings. The first kappa shape index (κ1) is 25.4. The standard InChI is InChI=1S/C30H34N4O3S2/c1-36-22-8-10-29(11-9-22)17-21-4-5-23(37-19-20-2-3-20)16-24(21)30(29)28(35)34(18-27-32-13-15-39-27)25(33-30)6-7-26-31-12-14-38-26/h4-5,12-16,20,22H,2-3,6-11,17-19H2,1H3. The Morgan fingerprint density at radius 2 is 1.79 bits per heavy atom. The number of carbonyl (C=O) groups excluding carboxylic acids is 1. The molecule has 39 heavy (non-hydrogen) atoms. The second-order valence-electron chi connectivity index (χ2n) is 11.4. The normalized spacial score (nSPS) is 27.9. The summed E-state index contributed by atoms with van der Waals surface area (Å²) in [5, 5.41) is 5.98. The van der Waals surface area contributed by atoms with Crippen LogP contribution >= 0.6 is 22.7 Å². The van der Waals surface area contributed by atoms with E-state index in [9.17, 15) is 4.79 Å². The van der Waals surface area contributed by atoms with Crippen LogP contribution in [-0.4, -0.2) is 46.4 Å². The lowest BCUT2D eigenvalue weighted by molar-refractivity contribution is -0.138. The van der Waals surface area contributed by atoms with Crippen molar-refractivity contribution in [2.24, 2.45) is 16.3 Å². The minimum Gasteiger partial charge on any atom is -0.493 e. The number of aryl methyl sites for hydroxylation is 1. The van der Waals surface area contributed by atoms with Crippen LogP contribution in [0.25, 0.3) is 0 Å². The number of ether oxygens (including phenoxy) is 2. The maximum atomic E-state index is 14.9. The number of hydrogen-bond acceptors (Lipinski definition) is 8. The van der Waals surface area contributed by atoms with E-state index >= 15 is 0 Å². The highest BCUT2D eigenvalue weighted by Gasteiger charge is 2.66. The van der Waals surface area contributed by atoms with Crippen molar-refractivity contribution in [2.45, 2.75) is 76.0 Å². The van der Waals surface area contributed by atoms with Gasteiger partial charge in [-0.15, -0.1) is 22.7 Å². The van der Waals surface area contributed by atoms with Gasteiger partial charge in [-0.25, -0.2) is 15.0 Å². The molecule has 3 aromatic rings. The summed E-state index contributed by atoms with van der Waals surface area (Å²) >= 11 is 3.24. The van der Waals surface area contributed by atoms with Gasteiger partial charge in [0, 0.05) is 48.5 Å². The Morgan fingerprint density at radius 3 is 2.49 bits per heavy atom. The van der Waals surface area contributed by atoms with Crippen molar-refractivity contribution in [1.82, 2.24) is 14.9 Å². The molecule has 2 fully saturated rings. The molecule has 204 valence electrons. The number of methoxy groups -OCH3 is 1. The van der Waals surface area contributed by atoms with E-state index in [1.807, 2.05) is 28.1 Å². The minimum absolute atomic E-state index is 0.0980. The second-order valence-corrected chi connectivity index (χ2v) is 13.4. The molecule has 3 heterocycles. The fourth-order valence-corrected chi connectivity index (χ4v) is 8.11. The van der Waals surface area contributed by atoms with Crippen LogP contribution in [0.1, 0.15) is 66.1 Å². The predicted molar refractivity (Wildman–Crippen MR) is 152 cm³/mol. The van der Waals surface area contributed by atoms with Crippen molar-refractivity contribution >= 4 is 34.4 Å². The van der Waals surface area contributed by atoms with E-state index in [1.54, 1.807) is 29.8 Å². The fraction of sp³-hybridized carbons (Fsp3) is 0.533. The molecule has 1 amide bonds. The Morgan fingerprint density at radius 1 is 1.03 bits per heavy atom. The van der Waals surface area contributed by atoms with Crippen LogP contribution in [0.4, 0.5) is 0 Å². The fourth-order valence-electron chi connectivity index (χ4n) is 6.88. The van der Waals surface area contributed by atoms with Crippen molar-refractivity contribution < 1.29 is 14.3 Å². The van der Waals surface area contributed by atoms with E-state index in [-0.39, 0.29) is 17.4 Å². The Labute approximate surface area is 237 Å². The van der Waals surface area contributed by atoms with Crippen LogP contribution in [0.5, 0.6) is 5.75 Å². The molecule has 2 saturated carbocycles. The smallest absolute Gasteiger partial charge is 0.261 e. The number of aromatic nitrogens is 2. The van der Waals surface area contributed by atoms with Crippen molar-refractivity contribution in [2.75, 3.05) is 13.7 Å². The van der Waals surface area contributed by atoms with Gasteiger partial charge in [0.25, 0.3) is 5.91 Å². The van der Waals surface area contributed by atoms with Crippen LogP contribution in [0, 0.1) is 11.3 Å². The van der Waals surface area contributed by atoms with Crippen molar-refractivity contribution in [3.8, 4) is 5.75 Å². The molecule has 9 heteroatoms. The molecule has 7 rings (SSSR count). The van der Waals surface area contributed by atoms with Gasteiger partial charge in [0.1, 0.15) is 16.6 Å². The first-order chi connectivity index (χ1) is 19.1. The Kier molecular flexibility index (Phi) is 6.56. The number of hydrogen-bond donors (Lipinski definition) is 0. The van der Waals surface area contributed by atoms with Crippen LogP contribution in [0.2, 0.25) is 0 Å². The zero-order valence-corrected chi connectivity index (χ0v) is 23.9. The molecule has 1 aromatic carbocycles. The third-order valence-electron chi connectivity index (χ3n) is 9.16. The molecule has 3 aliphatic carbocycles. The van der Waals surface area contributed by atoms with Gasteiger partial charge in [0.05, 0.1) is 24.3 Å². The molecule has 0 bridgehead atoms. The highest BCUT2D eigenvalue weighted by molar-refractivity contribution is 7.09. The molecular weight excluding hydrogens is 528 g/mol. The topological polar surface area (TPSA) is 76.9 Å². The average Bonchev–Trinajstić information content (AvgIpc) is 3.28. The summed E-state index contributed by atoms with van der Waals surface area (Å²) in [7, 11) is 1.80. The first-order valence-electron chi connectivity index (χ1n) is 14.1. The first-order valence-corrected chi connectivity index (χ1v) is 15.8. The lowest BCUT2D eigenvalue weighted by Gasteiger charge is -2.45. The molecule has 0 N–H and O–H groups in total. The van der Waals surface area contributed by atoms with Gasteiger partial charge in [-0.2, -0.15) is 0 Å². The number of thiazole rings is 2. The van der Waals surface area contributed by atoms with Gasteiger partial charge in [-0.1, -0.05) is 6.07 Å². The van der Waals surface area contributed by atoms with Gasteiger partial charge in [-0.3, -0.25) is 9.69 Å². The summed E-state index contributed by atoms with van der Waals surface area (Å²) in [6, 6.07) is 6.42.